The lowest BCUT2D eigenvalue weighted by Gasteiger charge is -2.30. The molecule has 1 saturated carbocycles. The van der Waals surface area contributed by atoms with Gasteiger partial charge in [-0.05, 0) is 37.6 Å². The number of nitrogens with two attached hydrogens (primary N) is 1. The van der Waals surface area contributed by atoms with Gasteiger partial charge in [0.25, 0.3) is 0 Å². The molecular formula is C15H25N3O2. The number of nitrogens with zero attached hydrogens (tertiary/aromatic N) is 2. The minimum Gasteiger partial charge on any atom is -0.478 e. The zero-order valence-corrected chi connectivity index (χ0v) is 12.3. The van der Waals surface area contributed by atoms with E-state index in [0.29, 0.717) is 36.9 Å². The fourth-order valence-electron chi connectivity index (χ4n) is 2.68. The van der Waals surface area contributed by atoms with Crippen LogP contribution in [0.25, 0.3) is 0 Å². The van der Waals surface area contributed by atoms with Crippen LogP contribution in [0.5, 0.6) is 11.9 Å². The molecule has 1 heterocycles. The number of hydrogen-bond donors (Lipinski definition) is 1. The Labute approximate surface area is 120 Å². The van der Waals surface area contributed by atoms with Crippen LogP contribution in [0, 0.1) is 11.8 Å². The Kier molecular flexibility index (Phi) is 6.05. The van der Waals surface area contributed by atoms with Crippen molar-refractivity contribution in [1.29, 1.82) is 0 Å². The highest BCUT2D eigenvalue weighted by Gasteiger charge is 2.24. The van der Waals surface area contributed by atoms with E-state index in [1.807, 2.05) is 0 Å². The molecule has 1 fully saturated rings. The van der Waals surface area contributed by atoms with Gasteiger partial charge in [0.05, 0.1) is 13.2 Å². The van der Waals surface area contributed by atoms with Crippen molar-refractivity contribution in [2.45, 2.75) is 39.0 Å². The standard InChI is InChI=1S/C15H25N3O2/c1-2-9-19-14-7-8-17-15(18-14)20-11-13-6-4-3-5-12(13)10-16/h7-8,12-13H,2-6,9-11,16H2,1H3. The Morgan fingerprint density at radius 2 is 2.05 bits per heavy atom. The predicted molar refractivity (Wildman–Crippen MR) is 77.8 cm³/mol. The molecule has 0 amide bonds. The number of hydrogen-bond acceptors (Lipinski definition) is 5. The van der Waals surface area contributed by atoms with Gasteiger partial charge in [-0.1, -0.05) is 19.8 Å². The van der Waals surface area contributed by atoms with Crippen LogP contribution in [0.15, 0.2) is 12.3 Å². The lowest BCUT2D eigenvalue weighted by Crippen LogP contribution is -2.31. The second-order valence-electron chi connectivity index (χ2n) is 5.38. The summed E-state index contributed by atoms with van der Waals surface area (Å²) in [5.74, 6) is 1.68. The van der Waals surface area contributed by atoms with Crippen LogP contribution >= 0.6 is 0 Å². The molecule has 1 aliphatic carbocycles. The molecule has 1 aromatic rings. The maximum absolute atomic E-state index is 5.83. The fraction of sp³-hybridized carbons (Fsp3) is 0.733. The van der Waals surface area contributed by atoms with Crippen molar-refractivity contribution < 1.29 is 9.47 Å². The van der Waals surface area contributed by atoms with E-state index < -0.39 is 0 Å². The van der Waals surface area contributed by atoms with Crippen LogP contribution in [0.1, 0.15) is 39.0 Å². The van der Waals surface area contributed by atoms with Crippen molar-refractivity contribution in [3.8, 4) is 11.9 Å². The van der Waals surface area contributed by atoms with Gasteiger partial charge in [0.2, 0.25) is 5.88 Å². The van der Waals surface area contributed by atoms with E-state index in [9.17, 15) is 0 Å². The Morgan fingerprint density at radius 3 is 2.80 bits per heavy atom. The van der Waals surface area contributed by atoms with E-state index >= 15 is 0 Å². The van der Waals surface area contributed by atoms with Crippen LogP contribution in [0.4, 0.5) is 0 Å². The molecule has 0 aliphatic heterocycles. The summed E-state index contributed by atoms with van der Waals surface area (Å²) in [6.07, 6.45) is 7.59. The summed E-state index contributed by atoms with van der Waals surface area (Å²) in [5.41, 5.74) is 5.83. The molecule has 5 heteroatoms. The maximum Gasteiger partial charge on any atom is 0.319 e. The number of aromatic nitrogens is 2. The molecule has 0 saturated heterocycles. The third kappa shape index (κ3) is 4.34. The van der Waals surface area contributed by atoms with Crippen LogP contribution in [0.3, 0.4) is 0 Å². The molecule has 112 valence electrons. The first kappa shape index (κ1) is 15.0. The summed E-state index contributed by atoms with van der Waals surface area (Å²) in [6, 6.07) is 2.16. The van der Waals surface area contributed by atoms with E-state index in [-0.39, 0.29) is 0 Å². The molecule has 20 heavy (non-hydrogen) atoms. The van der Waals surface area contributed by atoms with Crippen LogP contribution < -0.4 is 15.2 Å². The van der Waals surface area contributed by atoms with Gasteiger partial charge in [0.15, 0.2) is 0 Å². The molecule has 2 atom stereocenters. The SMILES string of the molecule is CCCOc1ccnc(OCC2CCCCC2CN)n1. The van der Waals surface area contributed by atoms with Crippen LogP contribution in [0.2, 0.25) is 0 Å². The van der Waals surface area contributed by atoms with Crippen LogP contribution in [-0.2, 0) is 0 Å². The van der Waals surface area contributed by atoms with Gasteiger partial charge in [0.1, 0.15) is 0 Å². The van der Waals surface area contributed by atoms with E-state index in [1.54, 1.807) is 12.3 Å². The lowest BCUT2D eigenvalue weighted by molar-refractivity contribution is 0.144. The van der Waals surface area contributed by atoms with E-state index in [1.165, 1.54) is 25.7 Å². The summed E-state index contributed by atoms with van der Waals surface area (Å²) in [6.45, 7) is 4.12. The van der Waals surface area contributed by atoms with Gasteiger partial charge in [-0.2, -0.15) is 4.98 Å². The largest absolute Gasteiger partial charge is 0.478 e. The normalized spacial score (nSPS) is 22.5. The molecule has 2 N–H and O–H groups in total. The van der Waals surface area contributed by atoms with Crippen molar-refractivity contribution in [1.82, 2.24) is 9.97 Å². The Morgan fingerprint density at radius 1 is 1.25 bits per heavy atom. The highest BCUT2D eigenvalue weighted by atomic mass is 16.5. The topological polar surface area (TPSA) is 70.3 Å². The lowest BCUT2D eigenvalue weighted by atomic mass is 9.80. The minimum absolute atomic E-state index is 0.403. The molecule has 1 aliphatic rings. The van der Waals surface area contributed by atoms with E-state index in [0.717, 1.165) is 13.0 Å². The molecule has 0 spiro atoms. The summed E-state index contributed by atoms with van der Waals surface area (Å²) >= 11 is 0. The zero-order chi connectivity index (χ0) is 14.2. The highest BCUT2D eigenvalue weighted by molar-refractivity contribution is 5.11. The zero-order valence-electron chi connectivity index (χ0n) is 12.3. The monoisotopic (exact) mass is 279 g/mol. The van der Waals surface area contributed by atoms with Gasteiger partial charge in [0, 0.05) is 12.3 Å². The summed E-state index contributed by atoms with van der Waals surface area (Å²) in [5, 5.41) is 0. The highest BCUT2D eigenvalue weighted by Crippen LogP contribution is 2.29. The molecule has 0 radical (unpaired) electrons. The van der Waals surface area contributed by atoms with Gasteiger partial charge < -0.3 is 15.2 Å². The molecule has 2 unspecified atom stereocenters. The first-order chi connectivity index (χ1) is 9.83. The summed E-state index contributed by atoms with van der Waals surface area (Å²) in [7, 11) is 0. The van der Waals surface area contributed by atoms with Crippen molar-refractivity contribution >= 4 is 0 Å². The molecule has 0 aromatic carbocycles. The Balaban J connectivity index is 1.86. The first-order valence-electron chi connectivity index (χ1n) is 7.62. The third-order valence-corrected chi connectivity index (χ3v) is 3.86. The summed E-state index contributed by atoms with van der Waals surface area (Å²) in [4.78, 5) is 8.40. The van der Waals surface area contributed by atoms with E-state index in [4.69, 9.17) is 15.2 Å². The number of ether oxygens (including phenoxy) is 2. The average molecular weight is 279 g/mol. The maximum atomic E-state index is 5.83. The Bertz CT molecular complexity index is 400. The van der Waals surface area contributed by atoms with Crippen molar-refractivity contribution in [2.75, 3.05) is 19.8 Å². The Hall–Kier alpha value is -1.36. The van der Waals surface area contributed by atoms with Crippen LogP contribution in [-0.4, -0.2) is 29.7 Å². The average Bonchev–Trinajstić information content (AvgIpc) is 2.51. The second kappa shape index (κ2) is 8.04. The first-order valence-corrected chi connectivity index (χ1v) is 7.62. The molecule has 5 nitrogen and oxygen atoms in total. The number of rotatable bonds is 7. The summed E-state index contributed by atoms with van der Waals surface area (Å²) < 4.78 is 11.2. The van der Waals surface area contributed by atoms with E-state index in [2.05, 4.69) is 16.9 Å². The third-order valence-electron chi connectivity index (χ3n) is 3.86. The molecule has 2 rings (SSSR count). The van der Waals surface area contributed by atoms with Crippen molar-refractivity contribution in [3.05, 3.63) is 12.3 Å². The van der Waals surface area contributed by atoms with Gasteiger partial charge in [-0.15, -0.1) is 0 Å². The molecule has 0 bridgehead atoms. The quantitative estimate of drug-likeness (QED) is 0.830. The van der Waals surface area contributed by atoms with Gasteiger partial charge >= 0.3 is 6.01 Å². The van der Waals surface area contributed by atoms with Gasteiger partial charge in [-0.3, -0.25) is 0 Å². The second-order valence-corrected chi connectivity index (χ2v) is 5.38. The smallest absolute Gasteiger partial charge is 0.319 e. The van der Waals surface area contributed by atoms with Crippen molar-refractivity contribution in [2.24, 2.45) is 17.6 Å². The fourth-order valence-corrected chi connectivity index (χ4v) is 2.68. The predicted octanol–water partition coefficient (Wildman–Crippen LogP) is 2.41. The van der Waals surface area contributed by atoms with Gasteiger partial charge in [-0.25, -0.2) is 4.98 Å². The van der Waals surface area contributed by atoms with Crippen molar-refractivity contribution in [3.63, 3.8) is 0 Å². The molecule has 1 aromatic heterocycles. The molecular weight excluding hydrogens is 254 g/mol. The minimum atomic E-state index is 0.403.